The first-order valence-corrected chi connectivity index (χ1v) is 7.07. The van der Waals surface area contributed by atoms with Crippen molar-refractivity contribution in [2.75, 3.05) is 20.7 Å². The van der Waals surface area contributed by atoms with Crippen LogP contribution >= 0.6 is 0 Å². The Morgan fingerprint density at radius 3 is 2.82 bits per heavy atom. The van der Waals surface area contributed by atoms with E-state index in [2.05, 4.69) is 14.5 Å². The first kappa shape index (κ1) is 16.0. The van der Waals surface area contributed by atoms with E-state index in [0.29, 0.717) is 12.3 Å². The van der Waals surface area contributed by atoms with Crippen LogP contribution in [0.3, 0.4) is 0 Å². The molecule has 0 bridgehead atoms. The van der Waals surface area contributed by atoms with Gasteiger partial charge in [0.25, 0.3) is 0 Å². The van der Waals surface area contributed by atoms with E-state index in [4.69, 9.17) is 4.74 Å². The van der Waals surface area contributed by atoms with Crippen LogP contribution in [0.1, 0.15) is 21.7 Å². The van der Waals surface area contributed by atoms with Crippen LogP contribution in [0.2, 0.25) is 0 Å². The Morgan fingerprint density at radius 1 is 1.45 bits per heavy atom. The predicted octanol–water partition coefficient (Wildman–Crippen LogP) is 2.03. The smallest absolute Gasteiger partial charge is 0.339 e. The van der Waals surface area contributed by atoms with E-state index >= 15 is 0 Å². The lowest BCUT2D eigenvalue weighted by Crippen LogP contribution is -2.23. The highest BCUT2D eigenvalue weighted by molar-refractivity contribution is 5.91. The lowest BCUT2D eigenvalue weighted by Gasteiger charge is -2.18. The third-order valence-corrected chi connectivity index (χ3v) is 3.59. The van der Waals surface area contributed by atoms with Crippen molar-refractivity contribution in [3.05, 3.63) is 47.5 Å². The molecule has 0 amide bonds. The van der Waals surface area contributed by atoms with Crippen LogP contribution < -0.4 is 4.74 Å². The first-order chi connectivity index (χ1) is 10.5. The molecule has 1 heterocycles. The molecule has 0 fully saturated rings. The molecule has 6 heteroatoms. The summed E-state index contributed by atoms with van der Waals surface area (Å²) in [5.41, 5.74) is 1.14. The molecule has 118 valence electrons. The van der Waals surface area contributed by atoms with Gasteiger partial charge in [0.1, 0.15) is 17.1 Å². The zero-order chi connectivity index (χ0) is 16.1. The van der Waals surface area contributed by atoms with Crippen LogP contribution in [0.4, 0.5) is 0 Å². The van der Waals surface area contributed by atoms with Gasteiger partial charge in [0.05, 0.1) is 7.11 Å². The van der Waals surface area contributed by atoms with E-state index < -0.39 is 5.97 Å². The Balaban J connectivity index is 1.99. The lowest BCUT2D eigenvalue weighted by molar-refractivity contribution is 0.0693. The highest BCUT2D eigenvalue weighted by Crippen LogP contribution is 2.20. The zero-order valence-electron chi connectivity index (χ0n) is 13.1. The molecular weight excluding hydrogens is 282 g/mol. The minimum absolute atomic E-state index is 0.193. The van der Waals surface area contributed by atoms with Crippen LogP contribution in [-0.2, 0) is 13.1 Å². The third kappa shape index (κ3) is 3.85. The van der Waals surface area contributed by atoms with Crippen molar-refractivity contribution in [3.8, 4) is 5.75 Å². The van der Waals surface area contributed by atoms with E-state index in [0.717, 1.165) is 24.5 Å². The van der Waals surface area contributed by atoms with E-state index in [9.17, 15) is 9.90 Å². The fourth-order valence-corrected chi connectivity index (χ4v) is 2.33. The molecule has 1 aromatic carbocycles. The number of aryl methyl sites for hydroxylation is 1. The number of rotatable bonds is 7. The van der Waals surface area contributed by atoms with Crippen LogP contribution in [-0.4, -0.2) is 46.2 Å². The Kier molecular flexibility index (Phi) is 5.16. The molecule has 1 aromatic heterocycles. The lowest BCUT2D eigenvalue weighted by atomic mass is 10.1. The van der Waals surface area contributed by atoms with Gasteiger partial charge in [-0.05, 0) is 31.7 Å². The summed E-state index contributed by atoms with van der Waals surface area (Å²) in [7, 11) is 3.48. The molecule has 2 aromatic rings. The summed E-state index contributed by atoms with van der Waals surface area (Å²) < 4.78 is 7.16. The van der Waals surface area contributed by atoms with E-state index in [1.807, 2.05) is 26.2 Å². The van der Waals surface area contributed by atoms with E-state index in [1.54, 1.807) is 18.3 Å². The summed E-state index contributed by atoms with van der Waals surface area (Å²) in [4.78, 5) is 17.6. The SMILES string of the molecule is COc1ccc(CN(C)CCn2ccnc2C)cc1C(=O)O. The summed E-state index contributed by atoms with van der Waals surface area (Å²) in [6, 6.07) is 5.26. The standard InChI is InChI=1S/C16H21N3O3/c1-12-17-6-7-19(12)9-8-18(2)11-13-4-5-15(22-3)14(10-13)16(20)21/h4-7,10H,8-9,11H2,1-3H3,(H,20,21). The van der Waals surface area contributed by atoms with Gasteiger partial charge in [0.2, 0.25) is 0 Å². The van der Waals surface area contributed by atoms with Crippen molar-refractivity contribution in [1.29, 1.82) is 0 Å². The maximum absolute atomic E-state index is 11.2. The van der Waals surface area contributed by atoms with Crippen LogP contribution in [0.5, 0.6) is 5.75 Å². The fourth-order valence-electron chi connectivity index (χ4n) is 2.33. The number of aromatic carboxylic acids is 1. The van der Waals surface area contributed by atoms with Crippen molar-refractivity contribution in [2.45, 2.75) is 20.0 Å². The Morgan fingerprint density at radius 2 is 2.23 bits per heavy atom. The van der Waals surface area contributed by atoms with Crippen LogP contribution in [0.15, 0.2) is 30.6 Å². The van der Waals surface area contributed by atoms with Gasteiger partial charge in [-0.2, -0.15) is 0 Å². The second-order valence-electron chi connectivity index (χ2n) is 5.25. The van der Waals surface area contributed by atoms with Gasteiger partial charge in [-0.3, -0.25) is 0 Å². The van der Waals surface area contributed by atoms with Crippen LogP contribution in [0.25, 0.3) is 0 Å². The molecule has 0 aliphatic rings. The molecule has 0 aliphatic carbocycles. The van der Waals surface area contributed by atoms with Crippen LogP contribution in [0, 0.1) is 6.92 Å². The van der Waals surface area contributed by atoms with Gasteiger partial charge in [-0.1, -0.05) is 6.07 Å². The van der Waals surface area contributed by atoms with E-state index in [-0.39, 0.29) is 5.56 Å². The van der Waals surface area contributed by atoms with Gasteiger partial charge in [-0.25, -0.2) is 9.78 Å². The molecule has 0 radical (unpaired) electrons. The second kappa shape index (κ2) is 7.09. The fraction of sp³-hybridized carbons (Fsp3) is 0.375. The maximum Gasteiger partial charge on any atom is 0.339 e. The van der Waals surface area contributed by atoms with Crippen molar-refractivity contribution in [3.63, 3.8) is 0 Å². The normalized spacial score (nSPS) is 10.9. The highest BCUT2D eigenvalue weighted by Gasteiger charge is 2.12. The number of likely N-dealkylation sites (N-methyl/N-ethyl adjacent to an activating group) is 1. The summed E-state index contributed by atoms with van der Waals surface area (Å²) >= 11 is 0. The van der Waals surface area contributed by atoms with Gasteiger partial charge in [-0.15, -0.1) is 0 Å². The molecule has 0 aliphatic heterocycles. The number of imidazole rings is 1. The minimum atomic E-state index is -0.976. The topological polar surface area (TPSA) is 67.6 Å². The number of aromatic nitrogens is 2. The molecule has 0 spiro atoms. The number of benzene rings is 1. The number of ether oxygens (including phenoxy) is 1. The maximum atomic E-state index is 11.2. The molecule has 0 atom stereocenters. The monoisotopic (exact) mass is 303 g/mol. The number of hydrogen-bond acceptors (Lipinski definition) is 4. The molecule has 0 saturated heterocycles. The number of carboxylic acid groups (broad SMARTS) is 1. The second-order valence-corrected chi connectivity index (χ2v) is 5.25. The molecule has 6 nitrogen and oxygen atoms in total. The highest BCUT2D eigenvalue weighted by atomic mass is 16.5. The van der Waals surface area contributed by atoms with Crippen molar-refractivity contribution < 1.29 is 14.6 Å². The predicted molar refractivity (Wildman–Crippen MR) is 83.3 cm³/mol. The van der Waals surface area contributed by atoms with Gasteiger partial charge < -0.3 is 19.3 Å². The summed E-state index contributed by atoms with van der Waals surface area (Å²) in [6.45, 7) is 4.36. The number of nitrogens with zero attached hydrogens (tertiary/aromatic N) is 3. The first-order valence-electron chi connectivity index (χ1n) is 7.07. The quantitative estimate of drug-likeness (QED) is 0.847. The van der Waals surface area contributed by atoms with Crippen molar-refractivity contribution in [2.24, 2.45) is 0 Å². The van der Waals surface area contributed by atoms with Gasteiger partial charge in [0.15, 0.2) is 0 Å². The third-order valence-electron chi connectivity index (χ3n) is 3.59. The zero-order valence-corrected chi connectivity index (χ0v) is 13.1. The molecular formula is C16H21N3O3. The molecule has 1 N–H and O–H groups in total. The molecule has 2 rings (SSSR count). The Bertz CT molecular complexity index is 652. The molecule has 22 heavy (non-hydrogen) atoms. The van der Waals surface area contributed by atoms with Gasteiger partial charge >= 0.3 is 5.97 Å². The summed E-state index contributed by atoms with van der Waals surface area (Å²) in [5.74, 6) is 0.398. The number of carboxylic acids is 1. The van der Waals surface area contributed by atoms with Gasteiger partial charge in [0, 0.05) is 32.0 Å². The summed E-state index contributed by atoms with van der Waals surface area (Å²) in [5, 5.41) is 9.21. The average Bonchev–Trinajstić information content (AvgIpc) is 2.90. The van der Waals surface area contributed by atoms with Crippen molar-refractivity contribution in [1.82, 2.24) is 14.5 Å². The summed E-state index contributed by atoms with van der Waals surface area (Å²) in [6.07, 6.45) is 3.75. The minimum Gasteiger partial charge on any atom is -0.496 e. The Hall–Kier alpha value is -2.34. The number of hydrogen-bond donors (Lipinski definition) is 1. The van der Waals surface area contributed by atoms with Crippen molar-refractivity contribution >= 4 is 5.97 Å². The largest absolute Gasteiger partial charge is 0.496 e. The number of carbonyl (C=O) groups is 1. The van der Waals surface area contributed by atoms with E-state index in [1.165, 1.54) is 7.11 Å². The average molecular weight is 303 g/mol. The molecule has 0 saturated carbocycles. The molecule has 0 unspecified atom stereocenters. The Labute approximate surface area is 130 Å². The number of methoxy groups -OCH3 is 1.